The minimum absolute atomic E-state index is 0.0770. The second kappa shape index (κ2) is 5.07. The second-order valence-corrected chi connectivity index (χ2v) is 5.09. The minimum atomic E-state index is -0.498. The number of hydrogen-bond acceptors (Lipinski definition) is 4. The smallest absolute Gasteiger partial charge is 0.268 e. The molecule has 6 nitrogen and oxygen atoms in total. The van der Waals surface area contributed by atoms with Gasteiger partial charge in [0.25, 0.3) is 11.2 Å². The monoisotopic (exact) mass is 295 g/mol. The summed E-state index contributed by atoms with van der Waals surface area (Å²) in [5.41, 5.74) is 1.84. The highest BCUT2D eigenvalue weighted by Crippen LogP contribution is 2.18. The largest absolute Gasteiger partial charge is 0.271 e. The maximum Gasteiger partial charge on any atom is 0.271 e. The Bertz CT molecular complexity index is 943. The molecule has 0 aliphatic carbocycles. The molecule has 2 aromatic carbocycles. The number of hydrogen-bond donors (Lipinski definition) is 0. The van der Waals surface area contributed by atoms with Crippen molar-refractivity contribution in [3.8, 4) is 5.69 Å². The third-order valence-corrected chi connectivity index (χ3v) is 3.52. The Balaban J connectivity index is 2.29. The molecule has 22 heavy (non-hydrogen) atoms. The van der Waals surface area contributed by atoms with Gasteiger partial charge >= 0.3 is 0 Å². The standard InChI is InChI=1S/C16H13N3O3/c1-10-3-5-12(6-4-10)18-11(2)17-15-9-13(19(21)22)7-8-14(15)16(18)20/h3-9H,1-2H3. The highest BCUT2D eigenvalue weighted by molar-refractivity contribution is 5.80. The van der Waals surface area contributed by atoms with Gasteiger partial charge < -0.3 is 0 Å². The third kappa shape index (κ3) is 2.24. The third-order valence-electron chi connectivity index (χ3n) is 3.52. The summed E-state index contributed by atoms with van der Waals surface area (Å²) in [6, 6.07) is 11.6. The SMILES string of the molecule is Cc1ccc(-n2c(C)nc3cc([N+](=O)[O-])ccc3c2=O)cc1. The molecule has 0 aliphatic rings. The van der Waals surface area contributed by atoms with Gasteiger partial charge in [0.2, 0.25) is 0 Å². The van der Waals surface area contributed by atoms with Crippen molar-refractivity contribution < 1.29 is 4.92 Å². The second-order valence-electron chi connectivity index (χ2n) is 5.09. The molecule has 1 heterocycles. The van der Waals surface area contributed by atoms with Crippen LogP contribution in [-0.2, 0) is 0 Å². The lowest BCUT2D eigenvalue weighted by Gasteiger charge is -2.11. The lowest BCUT2D eigenvalue weighted by Crippen LogP contribution is -2.22. The van der Waals surface area contributed by atoms with Crippen LogP contribution in [0.1, 0.15) is 11.4 Å². The molecule has 3 rings (SSSR count). The van der Waals surface area contributed by atoms with Crippen LogP contribution in [0.3, 0.4) is 0 Å². The first-order valence-electron chi connectivity index (χ1n) is 6.72. The molecular formula is C16H13N3O3. The van der Waals surface area contributed by atoms with Crippen molar-refractivity contribution in [2.24, 2.45) is 0 Å². The summed E-state index contributed by atoms with van der Waals surface area (Å²) in [7, 11) is 0. The van der Waals surface area contributed by atoms with E-state index < -0.39 is 4.92 Å². The van der Waals surface area contributed by atoms with Crippen molar-refractivity contribution in [2.45, 2.75) is 13.8 Å². The molecule has 0 saturated carbocycles. The topological polar surface area (TPSA) is 78.0 Å². The first-order valence-corrected chi connectivity index (χ1v) is 6.72. The van der Waals surface area contributed by atoms with Crippen molar-refractivity contribution >= 4 is 16.6 Å². The van der Waals surface area contributed by atoms with E-state index in [1.54, 1.807) is 6.92 Å². The highest BCUT2D eigenvalue weighted by Gasteiger charge is 2.13. The van der Waals surface area contributed by atoms with Crippen molar-refractivity contribution in [1.29, 1.82) is 0 Å². The zero-order chi connectivity index (χ0) is 15.9. The summed E-state index contributed by atoms with van der Waals surface area (Å²) < 4.78 is 1.51. The van der Waals surface area contributed by atoms with Crippen LogP contribution in [0.4, 0.5) is 5.69 Å². The predicted molar refractivity (Wildman–Crippen MR) is 83.5 cm³/mol. The van der Waals surface area contributed by atoms with Crippen LogP contribution in [0.5, 0.6) is 0 Å². The molecule has 0 atom stereocenters. The molecule has 0 saturated heterocycles. The molecular weight excluding hydrogens is 282 g/mol. The predicted octanol–water partition coefficient (Wildman–Crippen LogP) is 2.91. The molecule has 0 N–H and O–H groups in total. The summed E-state index contributed by atoms with van der Waals surface area (Å²) in [4.78, 5) is 27.3. The lowest BCUT2D eigenvalue weighted by atomic mass is 10.2. The Morgan fingerprint density at radius 2 is 1.77 bits per heavy atom. The van der Waals surface area contributed by atoms with Crippen molar-refractivity contribution in [3.63, 3.8) is 0 Å². The van der Waals surface area contributed by atoms with Gasteiger partial charge in [-0.25, -0.2) is 4.98 Å². The molecule has 0 spiro atoms. The zero-order valence-electron chi connectivity index (χ0n) is 12.1. The van der Waals surface area contributed by atoms with Crippen molar-refractivity contribution in [2.75, 3.05) is 0 Å². The number of rotatable bonds is 2. The molecule has 0 aliphatic heterocycles. The van der Waals surface area contributed by atoms with E-state index >= 15 is 0 Å². The van der Waals surface area contributed by atoms with Gasteiger partial charge in [0.1, 0.15) is 5.82 Å². The summed E-state index contributed by atoms with van der Waals surface area (Å²) >= 11 is 0. The fourth-order valence-corrected chi connectivity index (χ4v) is 2.40. The average Bonchev–Trinajstić information content (AvgIpc) is 2.48. The Kier molecular flexibility index (Phi) is 3.21. The van der Waals surface area contributed by atoms with Gasteiger partial charge in [0.15, 0.2) is 0 Å². The van der Waals surface area contributed by atoms with Crippen LogP contribution in [0.15, 0.2) is 47.3 Å². The number of aryl methyl sites for hydroxylation is 2. The Hall–Kier alpha value is -3.02. The van der Waals surface area contributed by atoms with Gasteiger partial charge in [-0.2, -0.15) is 0 Å². The normalized spacial score (nSPS) is 10.8. The number of non-ortho nitro benzene ring substituents is 1. The van der Waals surface area contributed by atoms with Gasteiger partial charge in [-0.1, -0.05) is 17.7 Å². The summed E-state index contributed by atoms with van der Waals surface area (Å²) in [5, 5.41) is 11.2. The molecule has 110 valence electrons. The Labute approximate surface area is 125 Å². The molecule has 0 amide bonds. The van der Waals surface area contributed by atoms with E-state index in [-0.39, 0.29) is 11.2 Å². The van der Waals surface area contributed by atoms with E-state index in [1.807, 2.05) is 31.2 Å². The first-order chi connectivity index (χ1) is 10.5. The fraction of sp³-hybridized carbons (Fsp3) is 0.125. The van der Waals surface area contributed by atoms with E-state index in [4.69, 9.17) is 0 Å². The van der Waals surface area contributed by atoms with Crippen molar-refractivity contribution in [1.82, 2.24) is 9.55 Å². The summed E-state index contributed by atoms with van der Waals surface area (Å²) in [5.74, 6) is 0.488. The van der Waals surface area contributed by atoms with Gasteiger partial charge in [-0.05, 0) is 32.0 Å². The Morgan fingerprint density at radius 3 is 2.41 bits per heavy atom. The number of aromatic nitrogens is 2. The van der Waals surface area contributed by atoms with Crippen LogP contribution >= 0.6 is 0 Å². The number of nitrogens with zero attached hydrogens (tertiary/aromatic N) is 3. The number of benzene rings is 2. The molecule has 0 unspecified atom stereocenters. The number of fused-ring (bicyclic) bond motifs is 1. The van der Waals surface area contributed by atoms with Crippen molar-refractivity contribution in [3.05, 3.63) is 74.3 Å². The van der Waals surface area contributed by atoms with Crippen LogP contribution in [0.25, 0.3) is 16.6 Å². The van der Waals surface area contributed by atoms with Crippen LogP contribution < -0.4 is 5.56 Å². The molecule has 0 fully saturated rings. The van der Waals surface area contributed by atoms with Gasteiger partial charge in [0, 0.05) is 12.1 Å². The highest BCUT2D eigenvalue weighted by atomic mass is 16.6. The minimum Gasteiger partial charge on any atom is -0.268 e. The quantitative estimate of drug-likeness (QED) is 0.538. The maximum atomic E-state index is 12.7. The number of nitro benzene ring substituents is 1. The van der Waals surface area contributed by atoms with Gasteiger partial charge in [-0.15, -0.1) is 0 Å². The van der Waals surface area contributed by atoms with E-state index in [2.05, 4.69) is 4.98 Å². The van der Waals surface area contributed by atoms with E-state index in [1.165, 1.54) is 22.8 Å². The van der Waals surface area contributed by atoms with Crippen LogP contribution in [0, 0.1) is 24.0 Å². The average molecular weight is 295 g/mol. The fourth-order valence-electron chi connectivity index (χ4n) is 2.40. The lowest BCUT2D eigenvalue weighted by molar-refractivity contribution is -0.384. The van der Waals surface area contributed by atoms with E-state index in [9.17, 15) is 14.9 Å². The molecule has 6 heteroatoms. The van der Waals surface area contributed by atoms with Gasteiger partial charge in [-0.3, -0.25) is 19.5 Å². The molecule has 0 bridgehead atoms. The van der Waals surface area contributed by atoms with E-state index in [0.29, 0.717) is 16.7 Å². The number of nitro groups is 1. The maximum absolute atomic E-state index is 12.7. The Morgan fingerprint density at radius 1 is 1.09 bits per heavy atom. The first kappa shape index (κ1) is 13.9. The van der Waals surface area contributed by atoms with Crippen LogP contribution in [0.2, 0.25) is 0 Å². The molecule has 3 aromatic rings. The molecule has 0 radical (unpaired) electrons. The van der Waals surface area contributed by atoms with Crippen LogP contribution in [-0.4, -0.2) is 14.5 Å². The molecule has 1 aromatic heterocycles. The summed E-state index contributed by atoms with van der Waals surface area (Å²) in [6.45, 7) is 3.68. The summed E-state index contributed by atoms with van der Waals surface area (Å²) in [6.07, 6.45) is 0. The van der Waals surface area contributed by atoms with Gasteiger partial charge in [0.05, 0.1) is 21.5 Å². The van der Waals surface area contributed by atoms with E-state index in [0.717, 1.165) is 11.3 Å². The zero-order valence-corrected chi connectivity index (χ0v) is 12.1.